The molecule has 0 aliphatic heterocycles. The molecule has 1 heterocycles. The fraction of sp³-hybridized carbons (Fsp3) is 0.400. The van der Waals surface area contributed by atoms with E-state index in [-0.39, 0.29) is 17.1 Å². The average molecular weight is 270 g/mol. The maximum Gasteiger partial charge on any atom is 0.302 e. The zero-order chi connectivity index (χ0) is 13.5. The van der Waals surface area contributed by atoms with Crippen LogP contribution in [0.2, 0.25) is 0 Å². The van der Waals surface area contributed by atoms with Crippen LogP contribution in [0, 0.1) is 10.1 Å². The van der Waals surface area contributed by atoms with Crippen LogP contribution < -0.4 is 5.73 Å². The van der Waals surface area contributed by atoms with Gasteiger partial charge in [-0.1, -0.05) is 30.3 Å². The van der Waals surface area contributed by atoms with Gasteiger partial charge < -0.3 is 10.9 Å². The molecule has 1 aromatic heterocycles. The number of nitrogens with zero attached hydrogens (tertiary/aromatic N) is 3. The summed E-state index contributed by atoms with van der Waals surface area (Å²) in [5.74, 6) is 0.573. The highest BCUT2D eigenvalue weighted by atomic mass is 32.2. The van der Waals surface area contributed by atoms with Crippen LogP contribution in [-0.4, -0.2) is 26.7 Å². The number of aromatic nitrogens is 1. The second kappa shape index (κ2) is 6.80. The lowest BCUT2D eigenvalue weighted by molar-refractivity contribution is -0.388. The van der Waals surface area contributed by atoms with Crippen LogP contribution in [0.4, 0.5) is 5.69 Å². The van der Waals surface area contributed by atoms with Crippen LogP contribution in [0.25, 0.3) is 0 Å². The Hall–Kier alpha value is -1.83. The fourth-order valence-electron chi connectivity index (χ4n) is 1.19. The number of hydrogen-bond acceptors (Lipinski definition) is 6. The van der Waals surface area contributed by atoms with Gasteiger partial charge in [-0.2, -0.15) is 0 Å². The molecule has 0 fully saturated rings. The Morgan fingerprint density at radius 1 is 1.72 bits per heavy atom. The van der Waals surface area contributed by atoms with Gasteiger partial charge in [0, 0.05) is 17.8 Å². The van der Waals surface area contributed by atoms with E-state index >= 15 is 0 Å². The molecule has 1 rings (SSSR count). The third kappa shape index (κ3) is 3.59. The number of pyridine rings is 1. The molecular formula is C10H14N4O3S. The third-order valence-corrected chi connectivity index (χ3v) is 3.25. The second-order valence-corrected chi connectivity index (χ2v) is 4.58. The SMILES string of the molecule is CCCCSc1ncc(C(N)=NO)cc1[N+](=O)[O-]. The van der Waals surface area contributed by atoms with E-state index in [2.05, 4.69) is 10.1 Å². The summed E-state index contributed by atoms with van der Waals surface area (Å²) >= 11 is 1.33. The summed E-state index contributed by atoms with van der Waals surface area (Å²) in [5, 5.41) is 22.6. The van der Waals surface area contributed by atoms with Crippen molar-refractivity contribution in [1.29, 1.82) is 0 Å². The van der Waals surface area contributed by atoms with Crippen molar-refractivity contribution in [3.63, 3.8) is 0 Å². The van der Waals surface area contributed by atoms with E-state index in [1.807, 2.05) is 6.92 Å². The van der Waals surface area contributed by atoms with Gasteiger partial charge in [0.25, 0.3) is 0 Å². The van der Waals surface area contributed by atoms with Crippen LogP contribution in [0.1, 0.15) is 25.3 Å². The zero-order valence-electron chi connectivity index (χ0n) is 9.87. The molecule has 7 nitrogen and oxygen atoms in total. The number of nitrogens with two attached hydrogens (primary N) is 1. The van der Waals surface area contributed by atoms with Gasteiger partial charge in [0.2, 0.25) is 0 Å². The number of rotatable bonds is 6. The molecule has 3 N–H and O–H groups in total. The summed E-state index contributed by atoms with van der Waals surface area (Å²) < 4.78 is 0. The number of unbranched alkanes of at least 4 members (excludes halogenated alkanes) is 1. The number of thioether (sulfide) groups is 1. The Balaban J connectivity index is 3.01. The average Bonchev–Trinajstić information content (AvgIpc) is 2.38. The maximum atomic E-state index is 10.9. The maximum absolute atomic E-state index is 10.9. The largest absolute Gasteiger partial charge is 0.409 e. The van der Waals surface area contributed by atoms with Gasteiger partial charge in [-0.25, -0.2) is 4.98 Å². The Morgan fingerprint density at radius 2 is 2.44 bits per heavy atom. The zero-order valence-corrected chi connectivity index (χ0v) is 10.7. The smallest absolute Gasteiger partial charge is 0.302 e. The first kappa shape index (κ1) is 14.2. The highest BCUT2D eigenvalue weighted by Gasteiger charge is 2.17. The summed E-state index contributed by atoms with van der Waals surface area (Å²) in [6.45, 7) is 2.05. The predicted molar refractivity (Wildman–Crippen MR) is 69.0 cm³/mol. The van der Waals surface area contributed by atoms with Crippen molar-refractivity contribution in [2.24, 2.45) is 10.9 Å². The minimum atomic E-state index is -0.518. The van der Waals surface area contributed by atoms with E-state index in [1.165, 1.54) is 24.0 Å². The Labute approximate surface area is 108 Å². The van der Waals surface area contributed by atoms with Gasteiger partial charge in [-0.05, 0) is 12.2 Å². The molecule has 0 unspecified atom stereocenters. The molecule has 18 heavy (non-hydrogen) atoms. The number of nitro groups is 1. The summed E-state index contributed by atoms with van der Waals surface area (Å²) in [6, 6.07) is 1.26. The molecule has 0 saturated heterocycles. The van der Waals surface area contributed by atoms with Crippen molar-refractivity contribution < 1.29 is 10.1 Å². The molecule has 0 bridgehead atoms. The van der Waals surface area contributed by atoms with Crippen molar-refractivity contribution in [2.75, 3.05) is 5.75 Å². The lowest BCUT2D eigenvalue weighted by Crippen LogP contribution is -2.14. The number of hydrogen-bond donors (Lipinski definition) is 2. The molecule has 0 atom stereocenters. The number of amidine groups is 1. The summed E-state index contributed by atoms with van der Waals surface area (Å²) in [5.41, 5.74) is 5.47. The van der Waals surface area contributed by atoms with E-state index in [0.29, 0.717) is 5.03 Å². The lowest BCUT2D eigenvalue weighted by Gasteiger charge is -2.03. The molecule has 0 radical (unpaired) electrons. The Morgan fingerprint density at radius 3 is 3.00 bits per heavy atom. The molecule has 8 heteroatoms. The van der Waals surface area contributed by atoms with Gasteiger partial charge in [0.05, 0.1) is 4.92 Å². The standard InChI is InChI=1S/C10H14N4O3S/c1-2-3-4-18-10-8(14(16)17)5-7(6-12-10)9(11)13-15/h5-6,15H,2-4H2,1H3,(H2,11,13). The highest BCUT2D eigenvalue weighted by Crippen LogP contribution is 2.28. The quantitative estimate of drug-likeness (QED) is 0.155. The molecule has 0 saturated carbocycles. The Bertz CT molecular complexity index is 464. The van der Waals surface area contributed by atoms with Crippen molar-refractivity contribution in [1.82, 2.24) is 4.98 Å². The van der Waals surface area contributed by atoms with Crippen LogP contribution in [0.3, 0.4) is 0 Å². The van der Waals surface area contributed by atoms with Crippen molar-refractivity contribution in [2.45, 2.75) is 24.8 Å². The number of oxime groups is 1. The van der Waals surface area contributed by atoms with Crippen LogP contribution in [0.15, 0.2) is 22.4 Å². The van der Waals surface area contributed by atoms with Crippen molar-refractivity contribution >= 4 is 23.3 Å². The second-order valence-electron chi connectivity index (χ2n) is 3.49. The van der Waals surface area contributed by atoms with Crippen LogP contribution in [-0.2, 0) is 0 Å². The molecule has 98 valence electrons. The molecule has 0 aliphatic rings. The summed E-state index contributed by atoms with van der Waals surface area (Å²) in [7, 11) is 0. The van der Waals surface area contributed by atoms with Gasteiger partial charge in [-0.3, -0.25) is 10.1 Å². The predicted octanol–water partition coefficient (Wildman–Crippen LogP) is 1.98. The first-order valence-electron chi connectivity index (χ1n) is 5.35. The van der Waals surface area contributed by atoms with E-state index in [9.17, 15) is 10.1 Å². The molecule has 0 aromatic carbocycles. The fourth-order valence-corrected chi connectivity index (χ4v) is 2.23. The van der Waals surface area contributed by atoms with Gasteiger partial charge in [0.1, 0.15) is 0 Å². The van der Waals surface area contributed by atoms with Gasteiger partial charge in [-0.15, -0.1) is 0 Å². The van der Waals surface area contributed by atoms with E-state index in [0.717, 1.165) is 18.6 Å². The lowest BCUT2D eigenvalue weighted by atomic mass is 10.2. The topological polar surface area (TPSA) is 115 Å². The normalized spacial score (nSPS) is 11.5. The van der Waals surface area contributed by atoms with Crippen LogP contribution >= 0.6 is 11.8 Å². The Kier molecular flexibility index (Phi) is 5.37. The highest BCUT2D eigenvalue weighted by molar-refractivity contribution is 7.99. The molecule has 0 amide bonds. The minimum absolute atomic E-state index is 0.125. The first-order chi connectivity index (χ1) is 8.60. The third-order valence-electron chi connectivity index (χ3n) is 2.17. The van der Waals surface area contributed by atoms with E-state index < -0.39 is 4.92 Å². The molecule has 0 aliphatic carbocycles. The summed E-state index contributed by atoms with van der Waals surface area (Å²) in [4.78, 5) is 14.4. The van der Waals surface area contributed by atoms with Gasteiger partial charge in [0.15, 0.2) is 10.9 Å². The minimum Gasteiger partial charge on any atom is -0.409 e. The van der Waals surface area contributed by atoms with E-state index in [4.69, 9.17) is 10.9 Å². The molecular weight excluding hydrogens is 256 g/mol. The van der Waals surface area contributed by atoms with Crippen LogP contribution in [0.5, 0.6) is 0 Å². The monoisotopic (exact) mass is 270 g/mol. The van der Waals surface area contributed by atoms with Crippen molar-refractivity contribution in [3.8, 4) is 0 Å². The van der Waals surface area contributed by atoms with Gasteiger partial charge >= 0.3 is 5.69 Å². The molecule has 1 aromatic rings. The first-order valence-corrected chi connectivity index (χ1v) is 6.33. The van der Waals surface area contributed by atoms with Crippen molar-refractivity contribution in [3.05, 3.63) is 27.9 Å². The van der Waals surface area contributed by atoms with E-state index in [1.54, 1.807) is 0 Å². The molecule has 0 spiro atoms. The summed E-state index contributed by atoms with van der Waals surface area (Å²) in [6.07, 6.45) is 3.34.